The third-order valence-corrected chi connectivity index (χ3v) is 2.57. The minimum Gasteiger partial charge on any atom is -0.488 e. The van der Waals surface area contributed by atoms with E-state index in [1.54, 1.807) is 12.4 Å². The fraction of sp³-hybridized carbons (Fsp3) is 0.636. The van der Waals surface area contributed by atoms with Crippen LogP contribution in [0.3, 0.4) is 0 Å². The molecule has 6 heteroatoms. The third kappa shape index (κ3) is 3.80. The largest absolute Gasteiger partial charge is 0.488 e. The van der Waals surface area contributed by atoms with E-state index in [-0.39, 0.29) is 11.4 Å². The molecule has 0 aromatic carbocycles. The van der Waals surface area contributed by atoms with Gasteiger partial charge in [-0.25, -0.2) is 9.97 Å². The van der Waals surface area contributed by atoms with Crippen molar-refractivity contribution in [3.63, 3.8) is 0 Å². The minimum atomic E-state index is -0.539. The molecular formula is C11H15ClN2O3. The lowest BCUT2D eigenvalue weighted by atomic mass is 10.2. The van der Waals surface area contributed by atoms with E-state index in [0.29, 0.717) is 19.0 Å². The van der Waals surface area contributed by atoms with Crippen LogP contribution in [0, 0.1) is 0 Å². The number of hydrogen-bond donors (Lipinski definition) is 0. The number of aromatic nitrogens is 2. The van der Waals surface area contributed by atoms with Crippen molar-refractivity contribution in [2.75, 3.05) is 13.2 Å². The molecule has 1 aromatic rings. The summed E-state index contributed by atoms with van der Waals surface area (Å²) >= 11 is 5.58. The summed E-state index contributed by atoms with van der Waals surface area (Å²) in [6.07, 6.45) is 3.92. The predicted octanol–water partition coefficient (Wildman–Crippen LogP) is 2.05. The van der Waals surface area contributed by atoms with Gasteiger partial charge in [-0.1, -0.05) is 0 Å². The van der Waals surface area contributed by atoms with Gasteiger partial charge in [0.25, 0.3) is 0 Å². The second-order valence-corrected chi connectivity index (χ2v) is 4.61. The lowest BCUT2D eigenvalue weighted by Gasteiger charge is -2.35. The SMILES string of the molecule is CC1(C)OCC[C@@H](COc2cnc(Cl)nc2)O1. The molecule has 1 aliphatic heterocycles. The molecule has 0 aliphatic carbocycles. The quantitative estimate of drug-likeness (QED) is 0.777. The van der Waals surface area contributed by atoms with E-state index < -0.39 is 5.79 Å². The van der Waals surface area contributed by atoms with Crippen molar-refractivity contribution in [2.24, 2.45) is 0 Å². The Kier molecular flexibility index (Phi) is 3.81. The monoisotopic (exact) mass is 258 g/mol. The van der Waals surface area contributed by atoms with Crippen LogP contribution >= 0.6 is 11.6 Å². The van der Waals surface area contributed by atoms with E-state index in [1.807, 2.05) is 13.8 Å². The molecule has 5 nitrogen and oxygen atoms in total. The van der Waals surface area contributed by atoms with Gasteiger partial charge in [-0.2, -0.15) is 0 Å². The normalized spacial score (nSPS) is 23.4. The van der Waals surface area contributed by atoms with Crippen molar-refractivity contribution in [2.45, 2.75) is 32.2 Å². The highest BCUT2D eigenvalue weighted by Crippen LogP contribution is 2.22. The molecule has 0 amide bonds. The molecule has 0 saturated carbocycles. The molecule has 17 heavy (non-hydrogen) atoms. The average molecular weight is 259 g/mol. The van der Waals surface area contributed by atoms with Crippen LogP contribution in [0.1, 0.15) is 20.3 Å². The Balaban J connectivity index is 1.84. The first kappa shape index (κ1) is 12.5. The molecular weight excluding hydrogens is 244 g/mol. The molecule has 2 rings (SSSR count). The maximum absolute atomic E-state index is 5.71. The Morgan fingerprint density at radius 1 is 1.47 bits per heavy atom. The summed E-state index contributed by atoms with van der Waals surface area (Å²) in [6, 6.07) is 0. The van der Waals surface area contributed by atoms with E-state index >= 15 is 0 Å². The highest BCUT2D eigenvalue weighted by atomic mass is 35.5. The van der Waals surface area contributed by atoms with Gasteiger partial charge in [0, 0.05) is 6.42 Å². The fourth-order valence-corrected chi connectivity index (χ4v) is 1.71. The van der Waals surface area contributed by atoms with Crippen LogP contribution in [0.25, 0.3) is 0 Å². The zero-order chi connectivity index (χ0) is 12.3. The summed E-state index contributed by atoms with van der Waals surface area (Å²) in [5.41, 5.74) is 0. The van der Waals surface area contributed by atoms with Gasteiger partial charge in [-0.3, -0.25) is 0 Å². The first-order valence-corrected chi connectivity index (χ1v) is 5.85. The average Bonchev–Trinajstić information content (AvgIpc) is 2.27. The van der Waals surface area contributed by atoms with Crippen molar-refractivity contribution in [3.05, 3.63) is 17.7 Å². The van der Waals surface area contributed by atoms with E-state index in [2.05, 4.69) is 9.97 Å². The zero-order valence-corrected chi connectivity index (χ0v) is 10.6. The summed E-state index contributed by atoms with van der Waals surface area (Å²) in [5, 5.41) is 0.209. The van der Waals surface area contributed by atoms with Crippen LogP contribution in [0.2, 0.25) is 5.28 Å². The van der Waals surface area contributed by atoms with Crippen LogP contribution < -0.4 is 4.74 Å². The van der Waals surface area contributed by atoms with Crippen molar-refractivity contribution < 1.29 is 14.2 Å². The Morgan fingerprint density at radius 2 is 2.18 bits per heavy atom. The summed E-state index contributed by atoms with van der Waals surface area (Å²) in [7, 11) is 0. The van der Waals surface area contributed by atoms with Crippen molar-refractivity contribution in [1.29, 1.82) is 0 Å². The molecule has 1 saturated heterocycles. The summed E-state index contributed by atoms with van der Waals surface area (Å²) < 4.78 is 16.7. The van der Waals surface area contributed by atoms with E-state index in [1.165, 1.54) is 0 Å². The molecule has 0 N–H and O–H groups in total. The van der Waals surface area contributed by atoms with Gasteiger partial charge in [-0.15, -0.1) is 0 Å². The molecule has 0 radical (unpaired) electrons. The molecule has 1 aromatic heterocycles. The van der Waals surface area contributed by atoms with Crippen molar-refractivity contribution in [1.82, 2.24) is 9.97 Å². The minimum absolute atomic E-state index is 0.0226. The first-order chi connectivity index (χ1) is 8.05. The number of halogens is 1. The molecule has 1 aliphatic rings. The molecule has 1 atom stereocenters. The van der Waals surface area contributed by atoms with Crippen LogP contribution in [-0.2, 0) is 9.47 Å². The van der Waals surface area contributed by atoms with Crippen molar-refractivity contribution in [3.8, 4) is 5.75 Å². The second-order valence-electron chi connectivity index (χ2n) is 4.28. The smallest absolute Gasteiger partial charge is 0.222 e. The second kappa shape index (κ2) is 5.16. The van der Waals surface area contributed by atoms with E-state index in [0.717, 1.165) is 6.42 Å². The van der Waals surface area contributed by atoms with Crippen LogP contribution in [0.15, 0.2) is 12.4 Å². The summed E-state index contributed by atoms with van der Waals surface area (Å²) in [6.45, 7) is 4.92. The van der Waals surface area contributed by atoms with Crippen LogP contribution in [-0.4, -0.2) is 35.1 Å². The first-order valence-electron chi connectivity index (χ1n) is 5.47. The van der Waals surface area contributed by atoms with Gasteiger partial charge in [0.2, 0.25) is 5.28 Å². The molecule has 94 valence electrons. The maximum atomic E-state index is 5.71. The number of rotatable bonds is 3. The lowest BCUT2D eigenvalue weighted by Crippen LogP contribution is -2.42. The van der Waals surface area contributed by atoms with E-state index in [9.17, 15) is 0 Å². The standard InChI is InChI=1S/C11H15ClN2O3/c1-11(2)16-4-3-8(17-11)7-15-9-5-13-10(12)14-6-9/h5-6,8H,3-4,7H2,1-2H3/t8-/m0/s1. The Bertz CT molecular complexity index is 369. The number of ether oxygens (including phenoxy) is 3. The summed E-state index contributed by atoms with van der Waals surface area (Å²) in [4.78, 5) is 7.67. The zero-order valence-electron chi connectivity index (χ0n) is 9.85. The Morgan fingerprint density at radius 3 is 2.82 bits per heavy atom. The molecule has 0 bridgehead atoms. The molecule has 2 heterocycles. The van der Waals surface area contributed by atoms with Gasteiger partial charge in [0.15, 0.2) is 11.5 Å². The van der Waals surface area contributed by atoms with Crippen molar-refractivity contribution >= 4 is 11.6 Å². The maximum Gasteiger partial charge on any atom is 0.222 e. The predicted molar refractivity (Wildman–Crippen MR) is 62.1 cm³/mol. The van der Waals surface area contributed by atoms with Gasteiger partial charge in [0.05, 0.1) is 25.1 Å². The van der Waals surface area contributed by atoms with Gasteiger partial charge >= 0.3 is 0 Å². The molecule has 1 fully saturated rings. The third-order valence-electron chi connectivity index (χ3n) is 2.37. The lowest BCUT2D eigenvalue weighted by molar-refractivity contribution is -0.276. The number of hydrogen-bond acceptors (Lipinski definition) is 5. The topological polar surface area (TPSA) is 53.5 Å². The van der Waals surface area contributed by atoms with Gasteiger partial charge in [0.1, 0.15) is 6.61 Å². The van der Waals surface area contributed by atoms with E-state index in [4.69, 9.17) is 25.8 Å². The van der Waals surface area contributed by atoms with Crippen LogP contribution in [0.4, 0.5) is 0 Å². The van der Waals surface area contributed by atoms with Crippen LogP contribution in [0.5, 0.6) is 5.75 Å². The Hall–Kier alpha value is -0.910. The van der Waals surface area contributed by atoms with Gasteiger partial charge in [-0.05, 0) is 25.4 Å². The fourth-order valence-electron chi connectivity index (χ4n) is 1.61. The highest BCUT2D eigenvalue weighted by Gasteiger charge is 2.29. The number of nitrogens with zero attached hydrogens (tertiary/aromatic N) is 2. The molecule has 0 spiro atoms. The highest BCUT2D eigenvalue weighted by molar-refractivity contribution is 6.28. The molecule has 0 unspecified atom stereocenters. The Labute approximate surface area is 105 Å². The summed E-state index contributed by atoms with van der Waals surface area (Å²) in [5.74, 6) is 0.0465. The van der Waals surface area contributed by atoms with Gasteiger partial charge < -0.3 is 14.2 Å².